The number of aromatic nitrogens is 2. The Labute approximate surface area is 99.5 Å². The number of thiophene rings is 1. The van der Waals surface area contributed by atoms with Crippen LogP contribution in [0.1, 0.15) is 0 Å². The van der Waals surface area contributed by atoms with Crippen molar-refractivity contribution < 1.29 is 0 Å². The highest BCUT2D eigenvalue weighted by atomic mass is 35.5. The third kappa shape index (κ3) is 2.17. The fraction of sp³-hybridized carbons (Fsp3) is 0. The zero-order valence-corrected chi connectivity index (χ0v) is 9.75. The lowest BCUT2D eigenvalue weighted by Gasteiger charge is -1.97. The summed E-state index contributed by atoms with van der Waals surface area (Å²) in [5, 5.41) is 0.647. The molecule has 0 aliphatic rings. The molecule has 0 radical (unpaired) electrons. The van der Waals surface area contributed by atoms with Crippen LogP contribution in [0, 0.1) is 0 Å². The topological polar surface area (TPSA) is 25.8 Å². The largest absolute Gasteiger partial charge is 0.215 e. The van der Waals surface area contributed by atoms with Crippen LogP contribution in [-0.4, -0.2) is 9.97 Å². The summed E-state index contributed by atoms with van der Waals surface area (Å²) >= 11 is 18.7. The van der Waals surface area contributed by atoms with Gasteiger partial charge in [0.1, 0.15) is 10.3 Å². The van der Waals surface area contributed by atoms with Crippen LogP contribution in [0.15, 0.2) is 18.2 Å². The summed E-state index contributed by atoms with van der Waals surface area (Å²) < 4.78 is 0.680. The second-order valence-corrected chi connectivity index (χ2v) is 4.93. The van der Waals surface area contributed by atoms with E-state index in [1.54, 1.807) is 6.07 Å². The summed E-state index contributed by atoms with van der Waals surface area (Å²) in [6, 6.07) is 5.09. The summed E-state index contributed by atoms with van der Waals surface area (Å²) in [5.41, 5.74) is 0. The van der Waals surface area contributed by atoms with E-state index < -0.39 is 0 Å². The van der Waals surface area contributed by atoms with Gasteiger partial charge in [-0.2, -0.15) is 0 Å². The second kappa shape index (κ2) is 4.03. The van der Waals surface area contributed by atoms with Crippen LogP contribution in [0.25, 0.3) is 10.7 Å². The predicted octanol–water partition coefficient (Wildman–Crippen LogP) is 4.17. The van der Waals surface area contributed by atoms with Crippen molar-refractivity contribution in [1.82, 2.24) is 9.97 Å². The van der Waals surface area contributed by atoms with Gasteiger partial charge in [-0.3, -0.25) is 0 Å². The maximum absolute atomic E-state index is 5.79. The SMILES string of the molecule is Clc1cc(Cl)nc(-c2ccc(Cl)s2)n1. The van der Waals surface area contributed by atoms with Crippen LogP contribution in [0.2, 0.25) is 14.6 Å². The van der Waals surface area contributed by atoms with Crippen LogP contribution in [0.5, 0.6) is 0 Å². The van der Waals surface area contributed by atoms with Gasteiger partial charge in [0.05, 0.1) is 9.21 Å². The lowest BCUT2D eigenvalue weighted by Crippen LogP contribution is -1.87. The van der Waals surface area contributed by atoms with E-state index in [-0.39, 0.29) is 0 Å². The van der Waals surface area contributed by atoms with Crippen LogP contribution in [0.3, 0.4) is 0 Å². The van der Waals surface area contributed by atoms with Crippen molar-refractivity contribution in [2.24, 2.45) is 0 Å². The summed E-state index contributed by atoms with van der Waals surface area (Å²) in [4.78, 5) is 8.93. The van der Waals surface area contributed by atoms with Gasteiger partial charge < -0.3 is 0 Å². The van der Waals surface area contributed by atoms with Gasteiger partial charge in [0.25, 0.3) is 0 Å². The van der Waals surface area contributed by atoms with Crippen molar-refractivity contribution in [2.75, 3.05) is 0 Å². The summed E-state index contributed by atoms with van der Waals surface area (Å²) in [7, 11) is 0. The zero-order valence-electron chi connectivity index (χ0n) is 6.67. The number of halogens is 3. The molecule has 0 saturated heterocycles. The Hall–Kier alpha value is -0.350. The van der Waals surface area contributed by atoms with Crippen LogP contribution in [0.4, 0.5) is 0 Å². The number of nitrogens with zero attached hydrogens (tertiary/aromatic N) is 2. The molecule has 0 amide bonds. The van der Waals surface area contributed by atoms with E-state index in [2.05, 4.69) is 9.97 Å². The van der Waals surface area contributed by atoms with Gasteiger partial charge in [-0.05, 0) is 12.1 Å². The lowest BCUT2D eigenvalue weighted by atomic mass is 10.4. The van der Waals surface area contributed by atoms with Crippen molar-refractivity contribution in [1.29, 1.82) is 0 Å². The summed E-state index contributed by atoms with van der Waals surface area (Å²) in [6.07, 6.45) is 0. The Morgan fingerprint density at radius 1 is 1.00 bits per heavy atom. The molecule has 0 spiro atoms. The van der Waals surface area contributed by atoms with Crippen molar-refractivity contribution >= 4 is 46.1 Å². The number of hydrogen-bond acceptors (Lipinski definition) is 3. The minimum Gasteiger partial charge on any atom is -0.215 e. The zero-order chi connectivity index (χ0) is 10.1. The molecule has 2 nitrogen and oxygen atoms in total. The monoisotopic (exact) mass is 264 g/mol. The minimum atomic E-state index is 0.324. The van der Waals surface area contributed by atoms with E-state index in [9.17, 15) is 0 Å². The first kappa shape index (κ1) is 10.2. The van der Waals surface area contributed by atoms with Gasteiger partial charge >= 0.3 is 0 Å². The Bertz CT molecular complexity index is 449. The number of rotatable bonds is 1. The van der Waals surface area contributed by atoms with Crippen LogP contribution in [-0.2, 0) is 0 Å². The third-order valence-corrected chi connectivity index (χ3v) is 3.07. The molecule has 72 valence electrons. The van der Waals surface area contributed by atoms with Gasteiger partial charge in [0, 0.05) is 6.07 Å². The quantitative estimate of drug-likeness (QED) is 0.723. The molecule has 0 aromatic carbocycles. The fourth-order valence-corrected chi connectivity index (χ4v) is 2.33. The van der Waals surface area contributed by atoms with Gasteiger partial charge in [-0.25, -0.2) is 9.97 Å². The van der Waals surface area contributed by atoms with E-state index in [4.69, 9.17) is 34.8 Å². The Balaban J connectivity index is 2.51. The molecule has 0 atom stereocenters. The highest BCUT2D eigenvalue weighted by molar-refractivity contribution is 7.19. The predicted molar refractivity (Wildman–Crippen MR) is 60.4 cm³/mol. The highest BCUT2D eigenvalue weighted by Crippen LogP contribution is 2.29. The molecule has 0 bridgehead atoms. The Morgan fingerprint density at radius 2 is 1.64 bits per heavy atom. The van der Waals surface area contributed by atoms with Gasteiger partial charge in [-0.15, -0.1) is 11.3 Å². The van der Waals surface area contributed by atoms with Crippen molar-refractivity contribution in [3.8, 4) is 10.7 Å². The molecule has 2 rings (SSSR count). The molecule has 2 heterocycles. The smallest absolute Gasteiger partial charge is 0.172 e. The lowest BCUT2D eigenvalue weighted by molar-refractivity contribution is 1.19. The van der Waals surface area contributed by atoms with Gasteiger partial charge in [0.2, 0.25) is 0 Å². The first-order chi connectivity index (χ1) is 6.65. The summed E-state index contributed by atoms with van der Waals surface area (Å²) in [6.45, 7) is 0. The average molecular weight is 266 g/mol. The summed E-state index contributed by atoms with van der Waals surface area (Å²) in [5.74, 6) is 0.499. The van der Waals surface area contributed by atoms with Crippen LogP contribution >= 0.6 is 46.1 Å². The third-order valence-electron chi connectivity index (χ3n) is 1.46. The first-order valence-electron chi connectivity index (χ1n) is 3.61. The van der Waals surface area contributed by atoms with Crippen molar-refractivity contribution in [2.45, 2.75) is 0 Å². The van der Waals surface area contributed by atoms with E-state index in [0.29, 0.717) is 20.5 Å². The van der Waals surface area contributed by atoms with Crippen molar-refractivity contribution in [3.63, 3.8) is 0 Å². The first-order valence-corrected chi connectivity index (χ1v) is 5.56. The molecule has 0 fully saturated rings. The van der Waals surface area contributed by atoms with Gasteiger partial charge in [-0.1, -0.05) is 34.8 Å². The standard InChI is InChI=1S/C8H3Cl3N2S/c9-5-3-6(10)13-8(12-5)4-1-2-7(11)14-4/h1-3H. The molecule has 14 heavy (non-hydrogen) atoms. The molecule has 2 aromatic heterocycles. The molecular formula is C8H3Cl3N2S. The average Bonchev–Trinajstić information content (AvgIpc) is 2.50. The fourth-order valence-electron chi connectivity index (χ4n) is 0.935. The molecular weight excluding hydrogens is 263 g/mol. The minimum absolute atomic E-state index is 0.324. The highest BCUT2D eigenvalue weighted by Gasteiger charge is 2.06. The molecule has 0 aliphatic heterocycles. The molecule has 2 aromatic rings. The second-order valence-electron chi connectivity index (χ2n) is 2.44. The van der Waals surface area contributed by atoms with Crippen LogP contribution < -0.4 is 0 Å². The molecule has 0 saturated carbocycles. The molecule has 0 unspecified atom stereocenters. The molecule has 6 heteroatoms. The molecule has 0 N–H and O–H groups in total. The normalized spacial score (nSPS) is 10.5. The van der Waals surface area contributed by atoms with Gasteiger partial charge in [0.15, 0.2) is 5.82 Å². The van der Waals surface area contributed by atoms with E-state index in [1.165, 1.54) is 17.4 Å². The maximum Gasteiger partial charge on any atom is 0.172 e. The maximum atomic E-state index is 5.79. The van der Waals surface area contributed by atoms with E-state index in [1.807, 2.05) is 6.07 Å². The number of hydrogen-bond donors (Lipinski definition) is 0. The Morgan fingerprint density at radius 3 is 2.14 bits per heavy atom. The van der Waals surface area contributed by atoms with E-state index >= 15 is 0 Å². The van der Waals surface area contributed by atoms with E-state index in [0.717, 1.165) is 4.88 Å². The Kier molecular flexibility index (Phi) is 2.93. The van der Waals surface area contributed by atoms with Crippen molar-refractivity contribution in [3.05, 3.63) is 32.8 Å². The molecule has 0 aliphatic carbocycles.